The van der Waals surface area contributed by atoms with Gasteiger partial charge in [0.05, 0.1) is 10.7 Å². The third-order valence-electron chi connectivity index (χ3n) is 2.46. The van der Waals surface area contributed by atoms with Gasteiger partial charge in [-0.15, -0.1) is 0 Å². The van der Waals surface area contributed by atoms with Crippen LogP contribution in [-0.4, -0.2) is 23.0 Å². The third-order valence-corrected chi connectivity index (χ3v) is 3.01. The predicted octanol–water partition coefficient (Wildman–Crippen LogP) is 2.98. The Morgan fingerprint density at radius 1 is 1.21 bits per heavy atom. The molecule has 0 bridgehead atoms. The van der Waals surface area contributed by atoms with Gasteiger partial charge in [-0.3, -0.25) is 4.90 Å². The lowest BCUT2D eigenvalue weighted by Crippen LogP contribution is -2.19. The monoisotopic (exact) mass is 230 g/mol. The molecule has 0 radical (unpaired) electrons. The molecule has 0 atom stereocenters. The lowest BCUT2D eigenvalue weighted by Gasteiger charge is -2.14. The number of rotatable bonds is 2. The molecule has 4 heteroatoms. The molecule has 0 aromatic carbocycles. The van der Waals surface area contributed by atoms with Crippen molar-refractivity contribution < 1.29 is 0 Å². The Morgan fingerprint density at radius 2 is 1.93 bits per heavy atom. The molecule has 2 rings (SSSR count). The van der Waals surface area contributed by atoms with Crippen LogP contribution in [0.3, 0.4) is 0 Å². The maximum absolute atomic E-state index is 6.03. The normalized spacial score (nSPS) is 17.6. The van der Waals surface area contributed by atoms with Crippen LogP contribution in [0.15, 0.2) is 12.1 Å². The standard InChI is InChI=1S/C10H12Cl2N2/c11-8-3-4-10(12)13-9(8)7-14-5-1-2-6-14/h3-4H,1-2,5-7H2. The van der Waals surface area contributed by atoms with E-state index in [9.17, 15) is 0 Å². The van der Waals surface area contributed by atoms with E-state index in [4.69, 9.17) is 23.2 Å². The van der Waals surface area contributed by atoms with E-state index >= 15 is 0 Å². The summed E-state index contributed by atoms with van der Waals surface area (Å²) in [6.45, 7) is 3.11. The Bertz CT molecular complexity index is 322. The molecule has 0 saturated carbocycles. The lowest BCUT2D eigenvalue weighted by atomic mass is 10.3. The molecule has 1 aliphatic rings. The van der Waals surface area contributed by atoms with E-state index in [2.05, 4.69) is 9.88 Å². The number of aromatic nitrogens is 1. The van der Waals surface area contributed by atoms with Crippen LogP contribution in [0.5, 0.6) is 0 Å². The SMILES string of the molecule is Clc1ccc(Cl)c(CN2CCCC2)n1. The van der Waals surface area contributed by atoms with Crippen molar-refractivity contribution in [2.75, 3.05) is 13.1 Å². The van der Waals surface area contributed by atoms with Crippen LogP contribution < -0.4 is 0 Å². The molecule has 1 saturated heterocycles. The average Bonchev–Trinajstić information content (AvgIpc) is 2.64. The van der Waals surface area contributed by atoms with E-state index < -0.39 is 0 Å². The van der Waals surface area contributed by atoms with E-state index in [1.807, 2.05) is 6.07 Å². The highest BCUT2D eigenvalue weighted by atomic mass is 35.5. The third kappa shape index (κ3) is 2.38. The first-order chi connectivity index (χ1) is 6.75. The minimum atomic E-state index is 0.517. The number of likely N-dealkylation sites (tertiary alicyclic amines) is 1. The molecule has 2 heterocycles. The molecule has 2 nitrogen and oxygen atoms in total. The zero-order valence-corrected chi connectivity index (χ0v) is 9.35. The number of halogens is 2. The minimum Gasteiger partial charge on any atom is -0.297 e. The summed E-state index contributed by atoms with van der Waals surface area (Å²) in [7, 11) is 0. The quantitative estimate of drug-likeness (QED) is 0.727. The molecule has 0 unspecified atom stereocenters. The molecule has 1 aromatic heterocycles. The van der Waals surface area contributed by atoms with Crippen LogP contribution in [0.4, 0.5) is 0 Å². The Kier molecular flexibility index (Phi) is 3.26. The van der Waals surface area contributed by atoms with Gasteiger partial charge in [0.1, 0.15) is 5.15 Å². The van der Waals surface area contributed by atoms with Crippen LogP contribution in [0.25, 0.3) is 0 Å². The van der Waals surface area contributed by atoms with Gasteiger partial charge in [0.2, 0.25) is 0 Å². The van der Waals surface area contributed by atoms with Crippen molar-refractivity contribution in [1.29, 1.82) is 0 Å². The van der Waals surface area contributed by atoms with Crippen molar-refractivity contribution in [3.8, 4) is 0 Å². The topological polar surface area (TPSA) is 16.1 Å². The van der Waals surface area contributed by atoms with Crippen LogP contribution in [0, 0.1) is 0 Å². The van der Waals surface area contributed by atoms with Gasteiger partial charge in [-0.25, -0.2) is 4.98 Å². The fourth-order valence-electron chi connectivity index (χ4n) is 1.72. The zero-order chi connectivity index (χ0) is 9.97. The van der Waals surface area contributed by atoms with Gasteiger partial charge in [-0.2, -0.15) is 0 Å². The highest BCUT2D eigenvalue weighted by molar-refractivity contribution is 6.32. The molecule has 1 aromatic rings. The van der Waals surface area contributed by atoms with Crippen LogP contribution >= 0.6 is 23.2 Å². The van der Waals surface area contributed by atoms with E-state index in [0.29, 0.717) is 10.2 Å². The van der Waals surface area contributed by atoms with Gasteiger partial charge >= 0.3 is 0 Å². The lowest BCUT2D eigenvalue weighted by molar-refractivity contribution is 0.327. The Balaban J connectivity index is 2.10. The van der Waals surface area contributed by atoms with Crippen molar-refractivity contribution in [1.82, 2.24) is 9.88 Å². The molecule has 14 heavy (non-hydrogen) atoms. The van der Waals surface area contributed by atoms with Gasteiger partial charge in [0.15, 0.2) is 0 Å². The van der Waals surface area contributed by atoms with Gasteiger partial charge in [0, 0.05) is 6.54 Å². The summed E-state index contributed by atoms with van der Waals surface area (Å²) in [6.07, 6.45) is 2.55. The van der Waals surface area contributed by atoms with E-state index in [1.165, 1.54) is 12.8 Å². The second-order valence-electron chi connectivity index (χ2n) is 3.55. The smallest absolute Gasteiger partial charge is 0.129 e. The summed E-state index contributed by atoms with van der Waals surface area (Å²) in [5.74, 6) is 0. The Labute approximate surface area is 93.8 Å². The first-order valence-electron chi connectivity index (χ1n) is 4.79. The van der Waals surface area contributed by atoms with Crippen LogP contribution in [0.2, 0.25) is 10.2 Å². The van der Waals surface area contributed by atoms with E-state index in [1.54, 1.807) is 6.07 Å². The molecule has 0 aliphatic carbocycles. The molecule has 0 N–H and O–H groups in total. The molecular weight excluding hydrogens is 219 g/mol. The molecular formula is C10H12Cl2N2. The van der Waals surface area contributed by atoms with Gasteiger partial charge in [-0.05, 0) is 38.1 Å². The summed E-state index contributed by atoms with van der Waals surface area (Å²) >= 11 is 11.8. The molecule has 1 fully saturated rings. The first kappa shape index (κ1) is 10.2. The molecule has 0 amide bonds. The maximum Gasteiger partial charge on any atom is 0.129 e. The fraction of sp³-hybridized carbons (Fsp3) is 0.500. The van der Waals surface area contributed by atoms with Gasteiger partial charge in [0.25, 0.3) is 0 Å². The van der Waals surface area contributed by atoms with E-state index in [-0.39, 0.29) is 0 Å². The number of hydrogen-bond donors (Lipinski definition) is 0. The highest BCUT2D eigenvalue weighted by Crippen LogP contribution is 2.20. The van der Waals surface area contributed by atoms with Crippen LogP contribution in [-0.2, 0) is 6.54 Å². The summed E-state index contributed by atoms with van der Waals surface area (Å²) < 4.78 is 0. The second kappa shape index (κ2) is 4.47. The largest absolute Gasteiger partial charge is 0.297 e. The summed E-state index contributed by atoms with van der Waals surface area (Å²) in [5, 5.41) is 1.23. The summed E-state index contributed by atoms with van der Waals surface area (Å²) in [5.41, 5.74) is 0.890. The summed E-state index contributed by atoms with van der Waals surface area (Å²) in [6, 6.07) is 3.53. The Hall–Kier alpha value is -0.310. The van der Waals surface area contributed by atoms with Crippen LogP contribution in [0.1, 0.15) is 18.5 Å². The number of nitrogens with zero attached hydrogens (tertiary/aromatic N) is 2. The average molecular weight is 231 g/mol. The second-order valence-corrected chi connectivity index (χ2v) is 4.34. The minimum absolute atomic E-state index is 0.517. The van der Waals surface area contributed by atoms with Crippen molar-refractivity contribution >= 4 is 23.2 Å². The zero-order valence-electron chi connectivity index (χ0n) is 7.84. The number of pyridine rings is 1. The van der Waals surface area contributed by atoms with Crippen molar-refractivity contribution in [3.05, 3.63) is 28.0 Å². The molecule has 0 spiro atoms. The summed E-state index contributed by atoms with van der Waals surface area (Å²) in [4.78, 5) is 6.58. The van der Waals surface area contributed by atoms with E-state index in [0.717, 1.165) is 25.3 Å². The van der Waals surface area contributed by atoms with Crippen molar-refractivity contribution in [2.45, 2.75) is 19.4 Å². The van der Waals surface area contributed by atoms with Gasteiger partial charge in [-0.1, -0.05) is 23.2 Å². The van der Waals surface area contributed by atoms with Crippen molar-refractivity contribution in [3.63, 3.8) is 0 Å². The fourth-order valence-corrected chi connectivity index (χ4v) is 2.05. The van der Waals surface area contributed by atoms with Crippen molar-refractivity contribution in [2.24, 2.45) is 0 Å². The molecule has 76 valence electrons. The highest BCUT2D eigenvalue weighted by Gasteiger charge is 2.14. The van der Waals surface area contributed by atoms with Gasteiger partial charge < -0.3 is 0 Å². The maximum atomic E-state index is 6.03. The first-order valence-corrected chi connectivity index (χ1v) is 5.54. The predicted molar refractivity (Wildman–Crippen MR) is 58.8 cm³/mol. The molecule has 1 aliphatic heterocycles. The number of hydrogen-bond acceptors (Lipinski definition) is 2. The Morgan fingerprint density at radius 3 is 2.64 bits per heavy atom.